The van der Waals surface area contributed by atoms with Crippen molar-refractivity contribution >= 4 is 23.2 Å². The number of amides is 2. The first kappa shape index (κ1) is 19.7. The number of rotatable bonds is 4. The number of likely N-dealkylation sites (tertiary alicyclic amines) is 1. The molecular formula is C21H32N4O2. The molecule has 2 fully saturated rings. The van der Waals surface area contributed by atoms with Gasteiger partial charge in [-0.05, 0) is 44.2 Å². The standard InChI is InChI=1S/C21H32N4O2/c1-18(26)25(17-21(27)24-11-5-3-4-6-12-24)20-9-7-19(8-10-20)23-15-13-22(2)14-16-23/h7-10H,3-6,11-17H2,1-2H3. The molecule has 0 atom stereocenters. The maximum Gasteiger partial charge on any atom is 0.242 e. The van der Waals surface area contributed by atoms with Gasteiger partial charge in [-0.15, -0.1) is 0 Å². The zero-order chi connectivity index (χ0) is 19.2. The molecule has 2 aliphatic rings. The van der Waals surface area contributed by atoms with E-state index in [1.165, 1.54) is 25.5 Å². The molecule has 3 rings (SSSR count). The van der Waals surface area contributed by atoms with Crippen molar-refractivity contribution in [3.05, 3.63) is 24.3 Å². The zero-order valence-electron chi connectivity index (χ0n) is 16.7. The van der Waals surface area contributed by atoms with Crippen molar-refractivity contribution in [2.45, 2.75) is 32.6 Å². The molecular weight excluding hydrogens is 340 g/mol. The summed E-state index contributed by atoms with van der Waals surface area (Å²) in [5, 5.41) is 0. The van der Waals surface area contributed by atoms with Crippen molar-refractivity contribution in [1.29, 1.82) is 0 Å². The number of anilines is 2. The maximum atomic E-state index is 12.7. The Bertz CT molecular complexity index is 630. The molecule has 0 spiro atoms. The molecule has 0 unspecified atom stereocenters. The molecule has 2 amide bonds. The number of hydrogen-bond acceptors (Lipinski definition) is 4. The number of carbonyl (C=O) groups excluding carboxylic acids is 2. The second kappa shape index (κ2) is 9.22. The van der Waals surface area contributed by atoms with Gasteiger partial charge in [0.1, 0.15) is 6.54 Å². The second-order valence-corrected chi connectivity index (χ2v) is 7.71. The molecule has 2 heterocycles. The Kier molecular flexibility index (Phi) is 6.72. The fourth-order valence-electron chi connectivity index (χ4n) is 3.85. The zero-order valence-corrected chi connectivity index (χ0v) is 16.7. The molecule has 6 heteroatoms. The van der Waals surface area contributed by atoms with Crippen molar-refractivity contribution < 1.29 is 9.59 Å². The van der Waals surface area contributed by atoms with Crippen LogP contribution in [-0.2, 0) is 9.59 Å². The smallest absolute Gasteiger partial charge is 0.242 e. The summed E-state index contributed by atoms with van der Waals surface area (Å²) in [6.45, 7) is 7.43. The van der Waals surface area contributed by atoms with Gasteiger partial charge >= 0.3 is 0 Å². The van der Waals surface area contributed by atoms with E-state index < -0.39 is 0 Å². The summed E-state index contributed by atoms with van der Waals surface area (Å²) >= 11 is 0. The molecule has 148 valence electrons. The van der Waals surface area contributed by atoms with E-state index >= 15 is 0 Å². The Morgan fingerprint density at radius 1 is 0.889 bits per heavy atom. The third-order valence-corrected chi connectivity index (χ3v) is 5.66. The van der Waals surface area contributed by atoms with Crippen LogP contribution in [0.5, 0.6) is 0 Å². The number of likely N-dealkylation sites (N-methyl/N-ethyl adjacent to an activating group) is 1. The first-order valence-electron chi connectivity index (χ1n) is 10.1. The minimum atomic E-state index is -0.0921. The molecule has 0 aliphatic carbocycles. The first-order valence-corrected chi connectivity index (χ1v) is 10.1. The van der Waals surface area contributed by atoms with Gasteiger partial charge in [0.2, 0.25) is 11.8 Å². The quantitative estimate of drug-likeness (QED) is 0.813. The summed E-state index contributed by atoms with van der Waals surface area (Å²) in [7, 11) is 2.15. The van der Waals surface area contributed by atoms with Gasteiger partial charge in [0, 0.05) is 57.6 Å². The molecule has 0 aromatic heterocycles. The Labute approximate surface area is 162 Å². The lowest BCUT2D eigenvalue weighted by atomic mass is 10.2. The van der Waals surface area contributed by atoms with E-state index in [0.717, 1.165) is 57.8 Å². The van der Waals surface area contributed by atoms with Crippen LogP contribution in [0.4, 0.5) is 11.4 Å². The van der Waals surface area contributed by atoms with Crippen molar-refractivity contribution in [3.63, 3.8) is 0 Å². The highest BCUT2D eigenvalue weighted by Crippen LogP contribution is 2.22. The van der Waals surface area contributed by atoms with Crippen LogP contribution >= 0.6 is 0 Å². The summed E-state index contributed by atoms with van der Waals surface area (Å²) in [6.07, 6.45) is 4.50. The van der Waals surface area contributed by atoms with Crippen LogP contribution in [0.15, 0.2) is 24.3 Å². The molecule has 1 aromatic rings. The fraction of sp³-hybridized carbons (Fsp3) is 0.619. The number of piperazine rings is 1. The normalized spacial score (nSPS) is 18.9. The lowest BCUT2D eigenvalue weighted by Crippen LogP contribution is -2.44. The molecule has 2 saturated heterocycles. The maximum absolute atomic E-state index is 12.7. The van der Waals surface area contributed by atoms with E-state index in [2.05, 4.69) is 29.0 Å². The molecule has 0 bridgehead atoms. The van der Waals surface area contributed by atoms with Crippen LogP contribution in [-0.4, -0.2) is 74.5 Å². The molecule has 1 aromatic carbocycles. The van der Waals surface area contributed by atoms with Crippen LogP contribution < -0.4 is 9.80 Å². The molecule has 0 saturated carbocycles. The average molecular weight is 373 g/mol. The summed E-state index contributed by atoms with van der Waals surface area (Å²) < 4.78 is 0. The Hall–Kier alpha value is -2.08. The summed E-state index contributed by atoms with van der Waals surface area (Å²) in [4.78, 5) is 33.1. The number of carbonyl (C=O) groups is 2. The predicted octanol–water partition coefficient (Wildman–Crippen LogP) is 2.19. The Morgan fingerprint density at radius 2 is 1.48 bits per heavy atom. The van der Waals surface area contributed by atoms with Gasteiger partial charge in [-0.25, -0.2) is 0 Å². The number of hydrogen-bond donors (Lipinski definition) is 0. The summed E-state index contributed by atoms with van der Waals surface area (Å²) in [6, 6.07) is 8.05. The monoisotopic (exact) mass is 372 g/mol. The minimum absolute atomic E-state index is 0.0512. The second-order valence-electron chi connectivity index (χ2n) is 7.71. The van der Waals surface area contributed by atoms with Gasteiger partial charge in [0.05, 0.1) is 0 Å². The van der Waals surface area contributed by atoms with Crippen LogP contribution in [0, 0.1) is 0 Å². The highest BCUT2D eigenvalue weighted by Gasteiger charge is 2.22. The van der Waals surface area contributed by atoms with E-state index in [0.29, 0.717) is 0 Å². The van der Waals surface area contributed by atoms with Gasteiger partial charge in [0.15, 0.2) is 0 Å². The van der Waals surface area contributed by atoms with Gasteiger partial charge in [-0.3, -0.25) is 9.59 Å². The van der Waals surface area contributed by atoms with E-state index in [4.69, 9.17) is 0 Å². The van der Waals surface area contributed by atoms with Gasteiger partial charge in [-0.1, -0.05) is 12.8 Å². The molecule has 2 aliphatic heterocycles. The molecule has 27 heavy (non-hydrogen) atoms. The van der Waals surface area contributed by atoms with E-state index in [1.807, 2.05) is 17.0 Å². The first-order chi connectivity index (χ1) is 13.0. The highest BCUT2D eigenvalue weighted by atomic mass is 16.2. The molecule has 0 radical (unpaired) electrons. The van der Waals surface area contributed by atoms with Crippen LogP contribution in [0.2, 0.25) is 0 Å². The molecule has 6 nitrogen and oxygen atoms in total. The van der Waals surface area contributed by atoms with Crippen molar-refractivity contribution in [3.8, 4) is 0 Å². The predicted molar refractivity (Wildman–Crippen MR) is 109 cm³/mol. The van der Waals surface area contributed by atoms with Crippen molar-refractivity contribution in [1.82, 2.24) is 9.80 Å². The van der Waals surface area contributed by atoms with E-state index in [9.17, 15) is 9.59 Å². The Morgan fingerprint density at radius 3 is 2.04 bits per heavy atom. The third-order valence-electron chi connectivity index (χ3n) is 5.66. The number of nitrogens with zero attached hydrogens (tertiary/aromatic N) is 4. The number of benzene rings is 1. The summed E-state index contributed by atoms with van der Waals surface area (Å²) in [5.74, 6) is -0.0410. The van der Waals surface area contributed by atoms with Crippen molar-refractivity contribution in [2.75, 3.05) is 62.7 Å². The highest BCUT2D eigenvalue weighted by molar-refractivity contribution is 5.97. The minimum Gasteiger partial charge on any atom is -0.369 e. The van der Waals surface area contributed by atoms with Crippen molar-refractivity contribution in [2.24, 2.45) is 0 Å². The van der Waals surface area contributed by atoms with E-state index in [-0.39, 0.29) is 18.4 Å². The molecule has 0 N–H and O–H groups in total. The van der Waals surface area contributed by atoms with Crippen LogP contribution in [0.25, 0.3) is 0 Å². The summed E-state index contributed by atoms with van der Waals surface area (Å²) in [5.41, 5.74) is 1.97. The third kappa shape index (κ3) is 5.22. The van der Waals surface area contributed by atoms with Gasteiger partial charge in [-0.2, -0.15) is 0 Å². The van der Waals surface area contributed by atoms with Gasteiger partial charge in [0.25, 0.3) is 0 Å². The topological polar surface area (TPSA) is 47.1 Å². The van der Waals surface area contributed by atoms with E-state index in [1.54, 1.807) is 4.90 Å². The largest absolute Gasteiger partial charge is 0.369 e. The SMILES string of the molecule is CC(=O)N(CC(=O)N1CCCCCC1)c1ccc(N2CCN(C)CC2)cc1. The van der Waals surface area contributed by atoms with Crippen LogP contribution in [0.3, 0.4) is 0 Å². The average Bonchev–Trinajstić information content (AvgIpc) is 2.96. The fourth-order valence-corrected chi connectivity index (χ4v) is 3.85. The van der Waals surface area contributed by atoms with Gasteiger partial charge < -0.3 is 19.6 Å². The lowest BCUT2D eigenvalue weighted by molar-refractivity contribution is -0.131. The van der Waals surface area contributed by atoms with Crippen LogP contribution in [0.1, 0.15) is 32.6 Å². The lowest BCUT2D eigenvalue weighted by Gasteiger charge is -2.34. The Balaban J connectivity index is 1.65.